The summed E-state index contributed by atoms with van der Waals surface area (Å²) in [7, 11) is 0. The molecule has 2 aromatic rings. The van der Waals surface area contributed by atoms with Gasteiger partial charge in [0, 0.05) is 30.2 Å². The van der Waals surface area contributed by atoms with Crippen LogP contribution in [0.4, 0.5) is 5.69 Å². The van der Waals surface area contributed by atoms with E-state index in [9.17, 15) is 9.59 Å². The van der Waals surface area contributed by atoms with Crippen LogP contribution < -0.4 is 10.2 Å². The van der Waals surface area contributed by atoms with E-state index in [0.717, 1.165) is 35.2 Å². The monoisotopic (exact) mass is 384 g/mol. The number of amides is 2. The molecule has 1 unspecified atom stereocenters. The van der Waals surface area contributed by atoms with Crippen molar-refractivity contribution in [2.75, 3.05) is 11.4 Å². The Balaban J connectivity index is 1.72. The highest BCUT2D eigenvalue weighted by Crippen LogP contribution is 2.32. The van der Waals surface area contributed by atoms with Gasteiger partial charge in [-0.3, -0.25) is 9.59 Å². The van der Waals surface area contributed by atoms with Crippen LogP contribution >= 0.6 is 11.6 Å². The van der Waals surface area contributed by atoms with Gasteiger partial charge < -0.3 is 10.2 Å². The van der Waals surface area contributed by atoms with Gasteiger partial charge in [-0.1, -0.05) is 61.8 Å². The maximum atomic E-state index is 12.7. The van der Waals surface area contributed by atoms with Gasteiger partial charge in [-0.25, -0.2) is 0 Å². The summed E-state index contributed by atoms with van der Waals surface area (Å²) in [5, 5.41) is 3.56. The number of rotatable bonds is 6. The van der Waals surface area contributed by atoms with Crippen molar-refractivity contribution in [3.63, 3.8) is 0 Å². The number of hydrogen-bond donors (Lipinski definition) is 1. The first-order chi connectivity index (χ1) is 13.0. The third-order valence-corrected chi connectivity index (χ3v) is 5.51. The van der Waals surface area contributed by atoms with E-state index >= 15 is 0 Å². The first-order valence-corrected chi connectivity index (χ1v) is 9.85. The van der Waals surface area contributed by atoms with Gasteiger partial charge in [0.05, 0.1) is 5.92 Å². The van der Waals surface area contributed by atoms with E-state index in [4.69, 9.17) is 11.6 Å². The van der Waals surface area contributed by atoms with Crippen molar-refractivity contribution < 1.29 is 9.59 Å². The smallest absolute Gasteiger partial charge is 0.227 e. The van der Waals surface area contributed by atoms with Gasteiger partial charge in [0.15, 0.2) is 0 Å². The van der Waals surface area contributed by atoms with Gasteiger partial charge >= 0.3 is 0 Å². The number of carbonyl (C=O) groups is 2. The molecule has 1 fully saturated rings. The van der Waals surface area contributed by atoms with Gasteiger partial charge in [0.25, 0.3) is 0 Å². The number of nitrogens with one attached hydrogen (secondary N) is 1. The Morgan fingerprint density at radius 2 is 1.70 bits per heavy atom. The molecule has 0 aromatic heterocycles. The van der Waals surface area contributed by atoms with Crippen molar-refractivity contribution in [3.8, 4) is 0 Å². The number of carbonyl (C=O) groups excluding carboxylic acids is 2. The van der Waals surface area contributed by atoms with Gasteiger partial charge in [-0.2, -0.15) is 0 Å². The fraction of sp³-hybridized carbons (Fsp3) is 0.364. The molecule has 1 N–H and O–H groups in total. The summed E-state index contributed by atoms with van der Waals surface area (Å²) in [5.41, 5.74) is 4.17. The molecular formula is C22H25ClN2O2. The van der Waals surface area contributed by atoms with Crippen molar-refractivity contribution in [2.24, 2.45) is 5.92 Å². The topological polar surface area (TPSA) is 49.4 Å². The van der Waals surface area contributed by atoms with E-state index in [2.05, 4.69) is 31.3 Å². The second-order valence-corrected chi connectivity index (χ2v) is 7.25. The molecule has 0 spiro atoms. The Kier molecular flexibility index (Phi) is 6.17. The van der Waals surface area contributed by atoms with Crippen LogP contribution in [-0.4, -0.2) is 18.4 Å². The molecule has 2 aromatic carbocycles. The zero-order valence-corrected chi connectivity index (χ0v) is 16.6. The molecule has 0 radical (unpaired) electrons. The Morgan fingerprint density at radius 3 is 2.33 bits per heavy atom. The van der Waals surface area contributed by atoms with E-state index in [1.807, 2.05) is 24.3 Å². The molecule has 1 atom stereocenters. The molecule has 27 heavy (non-hydrogen) atoms. The van der Waals surface area contributed by atoms with Crippen LogP contribution in [0.5, 0.6) is 0 Å². The first-order valence-electron chi connectivity index (χ1n) is 9.47. The minimum atomic E-state index is -0.338. The van der Waals surface area contributed by atoms with E-state index in [1.165, 1.54) is 0 Å². The summed E-state index contributed by atoms with van der Waals surface area (Å²) in [5.74, 6) is -0.420. The quantitative estimate of drug-likeness (QED) is 0.813. The highest BCUT2D eigenvalue weighted by molar-refractivity contribution is 6.31. The number of para-hydroxylation sites is 1. The molecule has 1 saturated heterocycles. The van der Waals surface area contributed by atoms with E-state index < -0.39 is 0 Å². The zero-order chi connectivity index (χ0) is 19.4. The Morgan fingerprint density at radius 1 is 1.07 bits per heavy atom. The molecule has 0 bridgehead atoms. The lowest BCUT2D eigenvalue weighted by molar-refractivity contribution is -0.126. The maximum Gasteiger partial charge on any atom is 0.227 e. The fourth-order valence-electron chi connectivity index (χ4n) is 3.63. The van der Waals surface area contributed by atoms with Crippen molar-refractivity contribution in [1.82, 2.24) is 5.32 Å². The molecule has 1 aliphatic heterocycles. The largest absolute Gasteiger partial charge is 0.352 e. The summed E-state index contributed by atoms with van der Waals surface area (Å²) in [6, 6.07) is 13.6. The molecule has 1 heterocycles. The lowest BCUT2D eigenvalue weighted by Crippen LogP contribution is -2.33. The zero-order valence-electron chi connectivity index (χ0n) is 15.8. The molecule has 0 aliphatic carbocycles. The molecule has 0 saturated carbocycles. The summed E-state index contributed by atoms with van der Waals surface area (Å²) < 4.78 is 0. The minimum absolute atomic E-state index is 0.0171. The normalized spacial score (nSPS) is 16.6. The molecule has 1 aliphatic rings. The van der Waals surface area contributed by atoms with Crippen LogP contribution in [0.1, 0.15) is 37.0 Å². The summed E-state index contributed by atoms with van der Waals surface area (Å²) in [6.07, 6.45) is 1.96. The van der Waals surface area contributed by atoms with E-state index in [-0.39, 0.29) is 24.2 Å². The second kappa shape index (κ2) is 8.57. The van der Waals surface area contributed by atoms with E-state index in [1.54, 1.807) is 11.0 Å². The van der Waals surface area contributed by atoms with Gasteiger partial charge in [0.1, 0.15) is 0 Å². The van der Waals surface area contributed by atoms with Crippen LogP contribution in [0.25, 0.3) is 0 Å². The lowest BCUT2D eigenvalue weighted by atomic mass is 10.0. The van der Waals surface area contributed by atoms with Gasteiger partial charge in [0.2, 0.25) is 11.8 Å². The van der Waals surface area contributed by atoms with Gasteiger partial charge in [-0.15, -0.1) is 0 Å². The number of aryl methyl sites for hydroxylation is 2. The highest BCUT2D eigenvalue weighted by Gasteiger charge is 2.36. The van der Waals surface area contributed by atoms with Crippen molar-refractivity contribution in [3.05, 3.63) is 64.2 Å². The first kappa shape index (κ1) is 19.4. The van der Waals surface area contributed by atoms with Crippen LogP contribution in [0.15, 0.2) is 42.5 Å². The second-order valence-electron chi connectivity index (χ2n) is 6.85. The number of anilines is 1. The predicted octanol–water partition coefficient (Wildman–Crippen LogP) is 4.13. The molecule has 4 nitrogen and oxygen atoms in total. The maximum absolute atomic E-state index is 12.7. The molecule has 3 rings (SSSR count). The third kappa shape index (κ3) is 4.16. The van der Waals surface area contributed by atoms with Crippen LogP contribution in [0, 0.1) is 5.92 Å². The Bertz CT molecular complexity index is 828. The van der Waals surface area contributed by atoms with E-state index in [0.29, 0.717) is 18.1 Å². The summed E-state index contributed by atoms with van der Waals surface area (Å²) >= 11 is 6.15. The van der Waals surface area contributed by atoms with Crippen molar-refractivity contribution in [2.45, 2.75) is 39.7 Å². The Hall–Kier alpha value is -2.33. The molecule has 142 valence electrons. The number of nitrogens with zero attached hydrogens (tertiary/aromatic N) is 1. The average molecular weight is 385 g/mol. The third-order valence-electron chi connectivity index (χ3n) is 5.14. The molecular weight excluding hydrogens is 360 g/mol. The number of halogens is 1. The summed E-state index contributed by atoms with van der Waals surface area (Å²) in [6.45, 7) is 4.98. The van der Waals surface area contributed by atoms with Gasteiger partial charge in [-0.05, 0) is 35.6 Å². The highest BCUT2D eigenvalue weighted by atomic mass is 35.5. The lowest BCUT2D eigenvalue weighted by Gasteiger charge is -2.23. The van der Waals surface area contributed by atoms with Crippen LogP contribution in [-0.2, 0) is 29.0 Å². The number of benzene rings is 2. The summed E-state index contributed by atoms with van der Waals surface area (Å²) in [4.78, 5) is 27.1. The van der Waals surface area contributed by atoms with Crippen LogP contribution in [0.2, 0.25) is 5.02 Å². The minimum Gasteiger partial charge on any atom is -0.352 e. The fourth-order valence-corrected chi connectivity index (χ4v) is 3.83. The standard InChI is InChI=1S/C22H25ClN2O2/c1-3-15-9-7-10-16(4-2)21(15)25-14-18(12-20(25)26)22(27)24-13-17-8-5-6-11-19(17)23/h5-11,18H,3-4,12-14H2,1-2H3,(H,24,27). The van der Waals surface area contributed by atoms with Crippen molar-refractivity contribution >= 4 is 29.1 Å². The molecule has 2 amide bonds. The van der Waals surface area contributed by atoms with Crippen molar-refractivity contribution in [1.29, 1.82) is 0 Å². The van der Waals surface area contributed by atoms with Crippen LogP contribution in [0.3, 0.4) is 0 Å². The molecule has 5 heteroatoms. The SMILES string of the molecule is CCc1cccc(CC)c1N1CC(C(=O)NCc2ccccc2Cl)CC1=O. The average Bonchev–Trinajstić information content (AvgIpc) is 3.07. The Labute approximate surface area is 165 Å². The number of hydrogen-bond acceptors (Lipinski definition) is 2. The predicted molar refractivity (Wildman–Crippen MR) is 109 cm³/mol.